The van der Waals surface area contributed by atoms with Gasteiger partial charge in [-0.3, -0.25) is 0 Å². The van der Waals surface area contributed by atoms with Crippen molar-refractivity contribution in [1.82, 2.24) is 14.6 Å². The molecule has 2 aromatic heterocycles. The molecule has 94 valence electrons. The van der Waals surface area contributed by atoms with Crippen molar-refractivity contribution in [2.45, 2.75) is 39.0 Å². The number of nitrogens with two attached hydrogens (primary N) is 1. The molecule has 0 aromatic carbocycles. The first-order valence-electron chi connectivity index (χ1n) is 6.04. The van der Waals surface area contributed by atoms with Crippen molar-refractivity contribution in [3.63, 3.8) is 0 Å². The number of fused-ring (bicyclic) bond motifs is 1. The van der Waals surface area contributed by atoms with Gasteiger partial charge in [-0.05, 0) is 6.42 Å². The molecule has 2 aromatic rings. The lowest BCUT2D eigenvalue weighted by Gasteiger charge is -2.23. The van der Waals surface area contributed by atoms with Crippen LogP contribution < -0.4 is 5.73 Å². The van der Waals surface area contributed by atoms with E-state index in [1.165, 1.54) is 10.7 Å². The second-order valence-electron chi connectivity index (χ2n) is 5.11. The molecule has 0 bridgehead atoms. The number of nitrogens with zero attached hydrogens (tertiary/aromatic N) is 4. The normalized spacial score (nSPS) is 11.7. The topological polar surface area (TPSA) is 80.0 Å². The van der Waals surface area contributed by atoms with E-state index in [-0.39, 0.29) is 5.41 Å². The number of rotatable bonds is 3. The molecule has 0 unspecified atom stereocenters. The molecular formula is C13H17N5. The average molecular weight is 243 g/mol. The van der Waals surface area contributed by atoms with Crippen LogP contribution in [0.15, 0.2) is 12.3 Å². The second kappa shape index (κ2) is 4.30. The molecule has 0 fully saturated rings. The highest BCUT2D eigenvalue weighted by atomic mass is 15.3. The number of nitrogen functional groups attached to an aromatic ring is 1. The lowest BCUT2D eigenvalue weighted by molar-refractivity contribution is 0.460. The molecule has 0 radical (unpaired) electrons. The molecule has 2 heterocycles. The molecule has 5 heteroatoms. The molecule has 5 nitrogen and oxygen atoms in total. The highest BCUT2D eigenvalue weighted by Crippen LogP contribution is 2.28. The standard InChI is InChI=1S/C13H17N5/c1-4-5-13(2,3)10-6-11(15)18-12(17-10)9(7-14)8-16-18/h6,8H,4-5,15H2,1-3H3. The first kappa shape index (κ1) is 12.4. The molecule has 2 rings (SSSR count). The van der Waals surface area contributed by atoms with E-state index in [0.29, 0.717) is 17.0 Å². The monoisotopic (exact) mass is 243 g/mol. The summed E-state index contributed by atoms with van der Waals surface area (Å²) < 4.78 is 1.50. The minimum atomic E-state index is -0.0540. The molecule has 0 spiro atoms. The molecule has 0 aliphatic carbocycles. The van der Waals surface area contributed by atoms with Crippen LogP contribution in [0.4, 0.5) is 5.82 Å². The van der Waals surface area contributed by atoms with E-state index in [9.17, 15) is 0 Å². The second-order valence-corrected chi connectivity index (χ2v) is 5.11. The summed E-state index contributed by atoms with van der Waals surface area (Å²) in [7, 11) is 0. The van der Waals surface area contributed by atoms with E-state index < -0.39 is 0 Å². The number of nitriles is 1. The third kappa shape index (κ3) is 1.90. The fourth-order valence-corrected chi connectivity index (χ4v) is 2.16. The van der Waals surface area contributed by atoms with Gasteiger partial charge in [0, 0.05) is 11.5 Å². The molecule has 0 saturated carbocycles. The molecule has 0 atom stereocenters. The molecule has 2 N–H and O–H groups in total. The van der Waals surface area contributed by atoms with E-state index in [1.807, 2.05) is 6.07 Å². The predicted octanol–water partition coefficient (Wildman–Crippen LogP) is 2.26. The van der Waals surface area contributed by atoms with Gasteiger partial charge in [-0.15, -0.1) is 0 Å². The molecule has 0 aliphatic heterocycles. The quantitative estimate of drug-likeness (QED) is 0.896. The zero-order valence-electron chi connectivity index (χ0n) is 10.9. The molecule has 18 heavy (non-hydrogen) atoms. The van der Waals surface area contributed by atoms with Crippen molar-refractivity contribution in [3.8, 4) is 6.07 Å². The lowest BCUT2D eigenvalue weighted by atomic mass is 9.84. The van der Waals surface area contributed by atoms with Crippen molar-refractivity contribution in [2.75, 3.05) is 5.73 Å². The van der Waals surface area contributed by atoms with Crippen molar-refractivity contribution in [2.24, 2.45) is 0 Å². The van der Waals surface area contributed by atoms with Gasteiger partial charge in [0.25, 0.3) is 0 Å². The first-order chi connectivity index (χ1) is 8.49. The van der Waals surface area contributed by atoms with Crippen LogP contribution in [0, 0.1) is 11.3 Å². The Morgan fingerprint density at radius 1 is 1.50 bits per heavy atom. The fraction of sp³-hybridized carbons (Fsp3) is 0.462. The van der Waals surface area contributed by atoms with Crippen LogP contribution in [0.2, 0.25) is 0 Å². The Balaban J connectivity index is 2.64. The summed E-state index contributed by atoms with van der Waals surface area (Å²) in [4.78, 5) is 4.56. The van der Waals surface area contributed by atoms with Crippen LogP contribution in [-0.2, 0) is 5.41 Å². The van der Waals surface area contributed by atoms with E-state index in [2.05, 4.69) is 36.9 Å². The van der Waals surface area contributed by atoms with Gasteiger partial charge in [0.1, 0.15) is 17.5 Å². The van der Waals surface area contributed by atoms with Gasteiger partial charge in [0.2, 0.25) is 0 Å². The maximum absolute atomic E-state index is 9.03. The van der Waals surface area contributed by atoms with Gasteiger partial charge in [0.15, 0.2) is 5.65 Å². The van der Waals surface area contributed by atoms with Crippen LogP contribution in [0.3, 0.4) is 0 Å². The van der Waals surface area contributed by atoms with Crippen molar-refractivity contribution < 1.29 is 0 Å². The van der Waals surface area contributed by atoms with E-state index >= 15 is 0 Å². The third-order valence-electron chi connectivity index (χ3n) is 3.19. The van der Waals surface area contributed by atoms with Gasteiger partial charge in [-0.2, -0.15) is 14.9 Å². The summed E-state index contributed by atoms with van der Waals surface area (Å²) in [5.74, 6) is 0.515. The third-order valence-corrected chi connectivity index (χ3v) is 3.19. The van der Waals surface area contributed by atoms with Gasteiger partial charge < -0.3 is 5.73 Å². The summed E-state index contributed by atoms with van der Waals surface area (Å²) >= 11 is 0. The smallest absolute Gasteiger partial charge is 0.175 e. The van der Waals surface area contributed by atoms with E-state index in [0.717, 1.165) is 18.5 Å². The predicted molar refractivity (Wildman–Crippen MR) is 70.0 cm³/mol. The highest BCUT2D eigenvalue weighted by molar-refractivity contribution is 5.58. The average Bonchev–Trinajstić information content (AvgIpc) is 2.72. The van der Waals surface area contributed by atoms with Crippen molar-refractivity contribution >= 4 is 11.5 Å². The summed E-state index contributed by atoms with van der Waals surface area (Å²) in [6.45, 7) is 6.41. The van der Waals surface area contributed by atoms with Gasteiger partial charge in [0.05, 0.1) is 11.9 Å². The molecule has 0 aliphatic rings. The van der Waals surface area contributed by atoms with E-state index in [1.54, 1.807) is 0 Å². The molecule has 0 amide bonds. The van der Waals surface area contributed by atoms with Crippen LogP contribution in [-0.4, -0.2) is 14.6 Å². The zero-order valence-corrected chi connectivity index (χ0v) is 10.9. The zero-order chi connectivity index (χ0) is 13.3. The number of hydrogen-bond acceptors (Lipinski definition) is 4. The molecule has 0 saturated heterocycles. The van der Waals surface area contributed by atoms with Gasteiger partial charge >= 0.3 is 0 Å². The fourth-order valence-electron chi connectivity index (χ4n) is 2.16. The SMILES string of the molecule is CCCC(C)(C)c1cc(N)n2ncc(C#N)c2n1. The first-order valence-corrected chi connectivity index (χ1v) is 6.04. The van der Waals surface area contributed by atoms with Crippen molar-refractivity contribution in [3.05, 3.63) is 23.5 Å². The van der Waals surface area contributed by atoms with Crippen LogP contribution in [0.25, 0.3) is 5.65 Å². The van der Waals surface area contributed by atoms with Gasteiger partial charge in [-0.1, -0.05) is 27.2 Å². The summed E-state index contributed by atoms with van der Waals surface area (Å²) in [5, 5.41) is 13.1. The number of hydrogen-bond donors (Lipinski definition) is 1. The maximum Gasteiger partial charge on any atom is 0.175 e. The van der Waals surface area contributed by atoms with Crippen molar-refractivity contribution in [1.29, 1.82) is 5.26 Å². The highest BCUT2D eigenvalue weighted by Gasteiger charge is 2.23. The summed E-state index contributed by atoms with van der Waals surface area (Å²) in [5.41, 5.74) is 7.82. The Bertz CT molecular complexity index is 618. The Labute approximate surface area is 106 Å². The Hall–Kier alpha value is -2.09. The van der Waals surface area contributed by atoms with Gasteiger partial charge in [-0.25, -0.2) is 4.98 Å². The number of anilines is 1. The lowest BCUT2D eigenvalue weighted by Crippen LogP contribution is -2.20. The van der Waals surface area contributed by atoms with E-state index in [4.69, 9.17) is 11.0 Å². The minimum Gasteiger partial charge on any atom is -0.384 e. The Kier molecular flexibility index (Phi) is 2.95. The van der Waals surface area contributed by atoms with Crippen LogP contribution >= 0.6 is 0 Å². The minimum absolute atomic E-state index is 0.0540. The van der Waals surface area contributed by atoms with Crippen LogP contribution in [0.5, 0.6) is 0 Å². The Morgan fingerprint density at radius 2 is 2.22 bits per heavy atom. The largest absolute Gasteiger partial charge is 0.384 e. The maximum atomic E-state index is 9.03. The Morgan fingerprint density at radius 3 is 2.83 bits per heavy atom. The van der Waals surface area contributed by atoms with Crippen LogP contribution in [0.1, 0.15) is 44.9 Å². The molecular weight excluding hydrogens is 226 g/mol. The summed E-state index contributed by atoms with van der Waals surface area (Å²) in [6.07, 6.45) is 3.59. The summed E-state index contributed by atoms with van der Waals surface area (Å²) in [6, 6.07) is 3.93. The number of aromatic nitrogens is 3.